The second kappa shape index (κ2) is 7.14. The molecule has 3 aliphatic rings. The maximum atomic E-state index is 12.8. The number of nitrogens with one attached hydrogen (secondary N) is 1. The van der Waals surface area contributed by atoms with Gasteiger partial charge in [-0.25, -0.2) is 4.99 Å². The van der Waals surface area contributed by atoms with Crippen molar-refractivity contribution < 1.29 is 4.79 Å². The molecular formula is C19H27N5O. The molecule has 25 heavy (non-hydrogen) atoms. The Morgan fingerprint density at radius 2 is 2.00 bits per heavy atom. The molecule has 3 fully saturated rings. The standard InChI is InChI=1S/C19H27N5O/c1-22-9-11-23(12-10-22)19(25)15-3-2-4-16(13-15)21-18-7-8-20-14-24(18)17-5-6-17/h2-4,13,17,20H,5-12,14H2,1H3. The van der Waals surface area contributed by atoms with Gasteiger partial charge in [0.2, 0.25) is 0 Å². The normalized spacial score (nSPS) is 24.0. The molecule has 2 heterocycles. The summed E-state index contributed by atoms with van der Waals surface area (Å²) in [6.07, 6.45) is 3.48. The number of amides is 1. The molecule has 6 nitrogen and oxygen atoms in total. The Morgan fingerprint density at radius 3 is 2.76 bits per heavy atom. The molecule has 134 valence electrons. The molecule has 4 rings (SSSR count). The summed E-state index contributed by atoms with van der Waals surface area (Å²) in [5.41, 5.74) is 1.64. The van der Waals surface area contributed by atoms with Gasteiger partial charge in [-0.1, -0.05) is 6.07 Å². The molecule has 0 radical (unpaired) electrons. The topological polar surface area (TPSA) is 51.2 Å². The number of carbonyl (C=O) groups is 1. The van der Waals surface area contributed by atoms with Crippen LogP contribution < -0.4 is 5.32 Å². The number of hydrogen-bond acceptors (Lipinski definition) is 4. The first-order valence-corrected chi connectivity index (χ1v) is 9.33. The summed E-state index contributed by atoms with van der Waals surface area (Å²) < 4.78 is 0. The van der Waals surface area contributed by atoms with Gasteiger partial charge >= 0.3 is 0 Å². The van der Waals surface area contributed by atoms with Crippen LogP contribution in [-0.4, -0.2) is 78.9 Å². The van der Waals surface area contributed by atoms with E-state index >= 15 is 0 Å². The van der Waals surface area contributed by atoms with Crippen molar-refractivity contribution >= 4 is 17.4 Å². The van der Waals surface area contributed by atoms with Crippen LogP contribution in [0.25, 0.3) is 0 Å². The average Bonchev–Trinajstić information content (AvgIpc) is 3.48. The van der Waals surface area contributed by atoms with Gasteiger partial charge in [-0.2, -0.15) is 0 Å². The van der Waals surface area contributed by atoms with E-state index in [-0.39, 0.29) is 5.91 Å². The van der Waals surface area contributed by atoms with Crippen molar-refractivity contribution in [3.05, 3.63) is 29.8 Å². The van der Waals surface area contributed by atoms with E-state index in [1.807, 2.05) is 29.2 Å². The van der Waals surface area contributed by atoms with Crippen molar-refractivity contribution in [3.8, 4) is 0 Å². The first-order valence-electron chi connectivity index (χ1n) is 9.33. The molecule has 2 aliphatic heterocycles. The van der Waals surface area contributed by atoms with E-state index in [0.29, 0.717) is 6.04 Å². The van der Waals surface area contributed by atoms with Crippen LogP contribution in [0.5, 0.6) is 0 Å². The highest BCUT2D eigenvalue weighted by molar-refractivity contribution is 5.95. The van der Waals surface area contributed by atoms with Gasteiger partial charge in [-0.15, -0.1) is 0 Å². The Hall–Kier alpha value is -1.92. The van der Waals surface area contributed by atoms with Gasteiger partial charge < -0.3 is 14.7 Å². The predicted molar refractivity (Wildman–Crippen MR) is 99.3 cm³/mol. The first-order chi connectivity index (χ1) is 12.2. The lowest BCUT2D eigenvalue weighted by atomic mass is 10.1. The molecule has 0 spiro atoms. The lowest BCUT2D eigenvalue weighted by Gasteiger charge is -2.32. The minimum atomic E-state index is 0.125. The highest BCUT2D eigenvalue weighted by Gasteiger charge is 2.32. The second-order valence-electron chi connectivity index (χ2n) is 7.28. The molecular weight excluding hydrogens is 314 g/mol. The van der Waals surface area contributed by atoms with Crippen LogP contribution in [0.3, 0.4) is 0 Å². The molecule has 1 aromatic carbocycles. The van der Waals surface area contributed by atoms with Crippen LogP contribution in [0.2, 0.25) is 0 Å². The minimum absolute atomic E-state index is 0.125. The molecule has 0 aromatic heterocycles. The Labute approximate surface area is 149 Å². The number of rotatable bonds is 3. The maximum Gasteiger partial charge on any atom is 0.254 e. The van der Waals surface area contributed by atoms with Gasteiger partial charge in [0.05, 0.1) is 12.4 Å². The van der Waals surface area contributed by atoms with Crippen molar-refractivity contribution in [1.82, 2.24) is 20.0 Å². The van der Waals surface area contributed by atoms with E-state index in [1.165, 1.54) is 12.8 Å². The molecule has 1 saturated carbocycles. The molecule has 1 aromatic rings. The second-order valence-corrected chi connectivity index (χ2v) is 7.28. The molecule has 0 atom stereocenters. The lowest BCUT2D eigenvalue weighted by molar-refractivity contribution is 0.0664. The summed E-state index contributed by atoms with van der Waals surface area (Å²) in [7, 11) is 2.10. The Bertz CT molecular complexity index is 662. The minimum Gasteiger partial charge on any atom is -0.344 e. The van der Waals surface area contributed by atoms with E-state index < -0.39 is 0 Å². The fourth-order valence-electron chi connectivity index (χ4n) is 3.53. The molecule has 0 bridgehead atoms. The average molecular weight is 341 g/mol. The summed E-state index contributed by atoms with van der Waals surface area (Å²) in [4.78, 5) is 24.3. The van der Waals surface area contributed by atoms with Gasteiger partial charge in [-0.05, 0) is 38.1 Å². The van der Waals surface area contributed by atoms with E-state index in [4.69, 9.17) is 4.99 Å². The number of hydrogen-bond donors (Lipinski definition) is 1. The number of nitrogens with zero attached hydrogens (tertiary/aromatic N) is 4. The zero-order valence-corrected chi connectivity index (χ0v) is 14.9. The van der Waals surface area contributed by atoms with Crippen LogP contribution >= 0.6 is 0 Å². The quantitative estimate of drug-likeness (QED) is 0.906. The van der Waals surface area contributed by atoms with Crippen LogP contribution in [0, 0.1) is 0 Å². The van der Waals surface area contributed by atoms with Crippen molar-refractivity contribution in [3.63, 3.8) is 0 Å². The summed E-state index contributed by atoms with van der Waals surface area (Å²) in [6, 6.07) is 8.46. The third-order valence-corrected chi connectivity index (χ3v) is 5.27. The third kappa shape index (κ3) is 3.85. The molecule has 2 saturated heterocycles. The maximum absolute atomic E-state index is 12.8. The molecule has 6 heteroatoms. The molecule has 1 amide bonds. The molecule has 1 aliphatic carbocycles. The van der Waals surface area contributed by atoms with Gasteiger partial charge in [0.1, 0.15) is 5.84 Å². The number of aliphatic imine (C=N–C) groups is 1. The first kappa shape index (κ1) is 16.5. The fourth-order valence-corrected chi connectivity index (χ4v) is 3.53. The van der Waals surface area contributed by atoms with Gasteiger partial charge in [0, 0.05) is 50.7 Å². The third-order valence-electron chi connectivity index (χ3n) is 5.27. The largest absolute Gasteiger partial charge is 0.344 e. The Kier molecular flexibility index (Phi) is 4.72. The monoisotopic (exact) mass is 341 g/mol. The number of piperazine rings is 1. The van der Waals surface area contributed by atoms with Crippen molar-refractivity contribution in [1.29, 1.82) is 0 Å². The SMILES string of the molecule is CN1CCN(C(=O)c2cccc(N=C3CCNCN3C3CC3)c2)CC1. The molecule has 1 N–H and O–H groups in total. The van der Waals surface area contributed by atoms with E-state index in [9.17, 15) is 4.79 Å². The lowest BCUT2D eigenvalue weighted by Crippen LogP contribution is -2.47. The van der Waals surface area contributed by atoms with Crippen LogP contribution in [-0.2, 0) is 0 Å². The number of likely N-dealkylation sites (N-methyl/N-ethyl adjacent to an activating group) is 1. The van der Waals surface area contributed by atoms with Gasteiger partial charge in [-0.3, -0.25) is 10.1 Å². The van der Waals surface area contributed by atoms with Crippen LogP contribution in [0.15, 0.2) is 29.3 Å². The summed E-state index contributed by atoms with van der Waals surface area (Å²) in [5.74, 6) is 1.28. The van der Waals surface area contributed by atoms with Crippen molar-refractivity contribution in [2.45, 2.75) is 25.3 Å². The fraction of sp³-hybridized carbons (Fsp3) is 0.579. The highest BCUT2D eigenvalue weighted by atomic mass is 16.2. The van der Waals surface area contributed by atoms with Crippen molar-refractivity contribution in [2.75, 3.05) is 46.4 Å². The zero-order valence-electron chi connectivity index (χ0n) is 14.9. The number of carbonyl (C=O) groups excluding carboxylic acids is 1. The van der Waals surface area contributed by atoms with Crippen LogP contribution in [0.4, 0.5) is 5.69 Å². The summed E-state index contributed by atoms with van der Waals surface area (Å²) in [5, 5.41) is 3.43. The van der Waals surface area contributed by atoms with E-state index in [1.54, 1.807) is 0 Å². The smallest absolute Gasteiger partial charge is 0.254 e. The van der Waals surface area contributed by atoms with Gasteiger partial charge in [0.15, 0.2) is 0 Å². The van der Waals surface area contributed by atoms with Gasteiger partial charge in [0.25, 0.3) is 5.91 Å². The Morgan fingerprint density at radius 1 is 1.20 bits per heavy atom. The predicted octanol–water partition coefficient (Wildman–Crippen LogP) is 1.52. The van der Waals surface area contributed by atoms with Crippen molar-refractivity contribution in [2.24, 2.45) is 4.99 Å². The number of benzene rings is 1. The number of amidine groups is 1. The van der Waals surface area contributed by atoms with Crippen LogP contribution in [0.1, 0.15) is 29.6 Å². The Balaban J connectivity index is 1.50. The summed E-state index contributed by atoms with van der Waals surface area (Å²) in [6.45, 7) is 5.35. The zero-order chi connectivity index (χ0) is 17.2. The van der Waals surface area contributed by atoms with E-state index in [2.05, 4.69) is 22.2 Å². The highest BCUT2D eigenvalue weighted by Crippen LogP contribution is 2.29. The summed E-state index contributed by atoms with van der Waals surface area (Å²) >= 11 is 0. The van der Waals surface area contributed by atoms with E-state index in [0.717, 1.165) is 62.9 Å². The molecule has 0 unspecified atom stereocenters.